The molecular formula is C10H16N2S. The fraction of sp³-hybridized carbons (Fsp3) is 0.700. The van der Waals surface area contributed by atoms with Crippen molar-refractivity contribution >= 4 is 11.3 Å². The summed E-state index contributed by atoms with van der Waals surface area (Å²) in [6, 6.07) is 0.519. The van der Waals surface area contributed by atoms with Crippen molar-refractivity contribution in [3.05, 3.63) is 16.6 Å². The van der Waals surface area contributed by atoms with E-state index in [0.29, 0.717) is 6.04 Å². The van der Waals surface area contributed by atoms with Gasteiger partial charge in [-0.15, -0.1) is 11.3 Å². The Morgan fingerprint density at radius 2 is 2.54 bits per heavy atom. The first-order valence-corrected chi connectivity index (χ1v) is 5.97. The second kappa shape index (κ2) is 4.20. The Kier molecular flexibility index (Phi) is 2.96. The van der Waals surface area contributed by atoms with Crippen LogP contribution in [0.4, 0.5) is 0 Å². The molecule has 0 spiro atoms. The molecule has 1 saturated carbocycles. The summed E-state index contributed by atoms with van der Waals surface area (Å²) in [5.74, 6) is 0.835. The van der Waals surface area contributed by atoms with Gasteiger partial charge in [-0.05, 0) is 25.3 Å². The molecule has 1 aromatic rings. The molecule has 1 atom stereocenters. The van der Waals surface area contributed by atoms with Crippen LogP contribution in [0.15, 0.2) is 10.9 Å². The number of nitrogens with one attached hydrogen (secondary N) is 1. The van der Waals surface area contributed by atoms with Crippen LogP contribution in [0.3, 0.4) is 0 Å². The molecule has 0 aromatic carbocycles. The van der Waals surface area contributed by atoms with E-state index in [1.165, 1.54) is 25.0 Å². The third-order valence-corrected chi connectivity index (χ3v) is 3.42. The molecule has 1 fully saturated rings. The van der Waals surface area contributed by atoms with Gasteiger partial charge in [0.15, 0.2) is 0 Å². The minimum atomic E-state index is 0.519. The van der Waals surface area contributed by atoms with Crippen LogP contribution in [0, 0.1) is 5.92 Å². The highest BCUT2D eigenvalue weighted by Crippen LogP contribution is 2.37. The van der Waals surface area contributed by atoms with Crippen LogP contribution >= 0.6 is 11.3 Å². The summed E-state index contributed by atoms with van der Waals surface area (Å²) >= 11 is 1.69. The molecule has 72 valence electrons. The van der Waals surface area contributed by atoms with Gasteiger partial charge < -0.3 is 5.32 Å². The van der Waals surface area contributed by atoms with E-state index in [2.05, 4.69) is 22.6 Å². The number of rotatable bonds is 4. The molecule has 1 aromatic heterocycles. The largest absolute Gasteiger partial charge is 0.309 e. The zero-order chi connectivity index (χ0) is 9.10. The van der Waals surface area contributed by atoms with Gasteiger partial charge in [-0.1, -0.05) is 13.3 Å². The minimum Gasteiger partial charge on any atom is -0.309 e. The Morgan fingerprint density at radius 3 is 3.00 bits per heavy atom. The number of aromatic nitrogens is 1. The summed E-state index contributed by atoms with van der Waals surface area (Å²) in [6.07, 6.45) is 4.14. The quantitative estimate of drug-likeness (QED) is 0.800. The topological polar surface area (TPSA) is 24.9 Å². The van der Waals surface area contributed by atoms with E-state index in [0.717, 1.165) is 12.5 Å². The van der Waals surface area contributed by atoms with Crippen molar-refractivity contribution in [2.75, 3.05) is 6.54 Å². The van der Waals surface area contributed by atoms with Crippen LogP contribution in [0.25, 0.3) is 0 Å². The van der Waals surface area contributed by atoms with Crippen LogP contribution in [-0.2, 0) is 0 Å². The van der Waals surface area contributed by atoms with Crippen LogP contribution in [-0.4, -0.2) is 11.5 Å². The van der Waals surface area contributed by atoms with Crippen molar-refractivity contribution in [1.29, 1.82) is 0 Å². The predicted molar refractivity (Wildman–Crippen MR) is 55.9 cm³/mol. The second-order valence-corrected chi connectivity index (χ2v) is 4.36. The second-order valence-electron chi connectivity index (χ2n) is 3.64. The van der Waals surface area contributed by atoms with Crippen molar-refractivity contribution in [1.82, 2.24) is 10.3 Å². The third-order valence-electron chi connectivity index (χ3n) is 2.82. The summed E-state index contributed by atoms with van der Waals surface area (Å²) in [5, 5.41) is 5.70. The van der Waals surface area contributed by atoms with Crippen molar-refractivity contribution < 1.29 is 0 Å². The zero-order valence-electron chi connectivity index (χ0n) is 7.99. The minimum absolute atomic E-state index is 0.519. The smallest absolute Gasteiger partial charge is 0.0795 e. The van der Waals surface area contributed by atoms with E-state index in [4.69, 9.17) is 0 Å². The molecule has 1 unspecified atom stereocenters. The van der Waals surface area contributed by atoms with E-state index in [1.807, 2.05) is 5.51 Å². The molecule has 0 saturated heterocycles. The number of hydrogen-bond acceptors (Lipinski definition) is 3. The van der Waals surface area contributed by atoms with Gasteiger partial charge in [0, 0.05) is 5.38 Å². The van der Waals surface area contributed by atoms with Crippen molar-refractivity contribution in [3.63, 3.8) is 0 Å². The molecule has 13 heavy (non-hydrogen) atoms. The Balaban J connectivity index is 2.04. The van der Waals surface area contributed by atoms with E-state index in [1.54, 1.807) is 11.3 Å². The maximum Gasteiger partial charge on any atom is 0.0795 e. The third kappa shape index (κ3) is 1.92. The van der Waals surface area contributed by atoms with Gasteiger partial charge in [-0.25, -0.2) is 4.98 Å². The van der Waals surface area contributed by atoms with E-state index < -0.39 is 0 Å². The Hall–Kier alpha value is -0.410. The highest BCUT2D eigenvalue weighted by atomic mass is 32.1. The molecule has 0 radical (unpaired) electrons. The van der Waals surface area contributed by atoms with Crippen molar-refractivity contribution in [2.45, 2.75) is 32.2 Å². The standard InChI is InChI=1S/C10H16N2S/c1-2-11-10(8-4-3-5-8)9-6-13-7-12-9/h6-8,10-11H,2-5H2,1H3. The maximum atomic E-state index is 4.39. The summed E-state index contributed by atoms with van der Waals surface area (Å²) in [5.41, 5.74) is 3.18. The average molecular weight is 196 g/mol. The summed E-state index contributed by atoms with van der Waals surface area (Å²) in [4.78, 5) is 4.39. The van der Waals surface area contributed by atoms with Gasteiger partial charge in [-0.3, -0.25) is 0 Å². The molecule has 2 nitrogen and oxygen atoms in total. The van der Waals surface area contributed by atoms with Crippen LogP contribution < -0.4 is 5.32 Å². The first kappa shape index (κ1) is 9.16. The van der Waals surface area contributed by atoms with Gasteiger partial charge in [0.2, 0.25) is 0 Å². The molecule has 1 aliphatic carbocycles. The molecule has 2 rings (SSSR count). The van der Waals surface area contributed by atoms with E-state index in [-0.39, 0.29) is 0 Å². The van der Waals surface area contributed by atoms with Gasteiger partial charge in [0.25, 0.3) is 0 Å². The molecule has 1 N–H and O–H groups in total. The lowest BCUT2D eigenvalue weighted by Crippen LogP contribution is -2.32. The molecule has 1 aliphatic rings. The number of hydrogen-bond donors (Lipinski definition) is 1. The monoisotopic (exact) mass is 196 g/mol. The fourth-order valence-corrected chi connectivity index (χ4v) is 2.47. The van der Waals surface area contributed by atoms with E-state index >= 15 is 0 Å². The van der Waals surface area contributed by atoms with Crippen LogP contribution in [0.5, 0.6) is 0 Å². The number of thiazole rings is 1. The van der Waals surface area contributed by atoms with Crippen molar-refractivity contribution in [2.24, 2.45) is 5.92 Å². The van der Waals surface area contributed by atoms with Gasteiger partial charge >= 0.3 is 0 Å². The zero-order valence-corrected chi connectivity index (χ0v) is 8.81. The molecule has 0 bridgehead atoms. The fourth-order valence-electron chi connectivity index (χ4n) is 1.88. The molecule has 0 aliphatic heterocycles. The maximum absolute atomic E-state index is 4.39. The first-order chi connectivity index (χ1) is 6.42. The highest BCUT2D eigenvalue weighted by molar-refractivity contribution is 7.07. The Bertz CT molecular complexity index is 241. The molecule has 0 amide bonds. The normalized spacial score (nSPS) is 19.8. The van der Waals surface area contributed by atoms with Gasteiger partial charge in [-0.2, -0.15) is 0 Å². The van der Waals surface area contributed by atoms with Gasteiger partial charge in [0.05, 0.1) is 17.2 Å². The summed E-state index contributed by atoms with van der Waals surface area (Å²) in [6.45, 7) is 3.21. The highest BCUT2D eigenvalue weighted by Gasteiger charge is 2.28. The number of nitrogens with zero attached hydrogens (tertiary/aromatic N) is 1. The Morgan fingerprint density at radius 1 is 1.69 bits per heavy atom. The molecular weight excluding hydrogens is 180 g/mol. The molecule has 1 heterocycles. The van der Waals surface area contributed by atoms with E-state index in [9.17, 15) is 0 Å². The van der Waals surface area contributed by atoms with Crippen LogP contribution in [0.2, 0.25) is 0 Å². The van der Waals surface area contributed by atoms with Crippen molar-refractivity contribution in [3.8, 4) is 0 Å². The van der Waals surface area contributed by atoms with Crippen LogP contribution in [0.1, 0.15) is 37.9 Å². The average Bonchev–Trinajstić information content (AvgIpc) is 2.51. The predicted octanol–water partition coefficient (Wildman–Crippen LogP) is 2.59. The SMILES string of the molecule is CCNC(c1cscn1)C1CCC1. The lowest BCUT2D eigenvalue weighted by Gasteiger charge is -2.33. The summed E-state index contributed by atoms with van der Waals surface area (Å²) < 4.78 is 0. The lowest BCUT2D eigenvalue weighted by atomic mass is 9.79. The molecule has 3 heteroatoms. The first-order valence-electron chi connectivity index (χ1n) is 5.03. The lowest BCUT2D eigenvalue weighted by molar-refractivity contribution is 0.230. The van der Waals surface area contributed by atoms with Gasteiger partial charge in [0.1, 0.15) is 0 Å². The summed E-state index contributed by atoms with van der Waals surface area (Å²) in [7, 11) is 0. The Labute approximate surface area is 83.4 Å².